The number of hydrogen-bond acceptors (Lipinski definition) is 5. The Morgan fingerprint density at radius 2 is 1.85 bits per heavy atom. The molecule has 2 amide bonds. The molecule has 176 valence electrons. The highest BCUT2D eigenvalue weighted by Gasteiger charge is 2.34. The molecular weight excluding hydrogens is 470 g/mol. The highest BCUT2D eigenvalue weighted by Crippen LogP contribution is 2.35. The van der Waals surface area contributed by atoms with Gasteiger partial charge in [-0.25, -0.2) is 4.98 Å². The molecule has 0 aliphatic carbocycles. The molecule has 2 aromatic carbocycles. The van der Waals surface area contributed by atoms with Crippen molar-refractivity contribution in [2.75, 3.05) is 24.7 Å². The van der Waals surface area contributed by atoms with Crippen molar-refractivity contribution in [3.05, 3.63) is 82.3 Å². The molecule has 1 aliphatic heterocycles. The van der Waals surface area contributed by atoms with Crippen LogP contribution in [0.2, 0.25) is 5.02 Å². The van der Waals surface area contributed by atoms with Crippen molar-refractivity contribution < 1.29 is 14.3 Å². The lowest BCUT2D eigenvalue weighted by Gasteiger charge is -2.37. The monoisotopic (exact) mass is 495 g/mol. The van der Waals surface area contributed by atoms with Crippen molar-refractivity contribution >= 4 is 51.6 Å². The fourth-order valence-electron chi connectivity index (χ4n) is 4.07. The second-order valence-electron chi connectivity index (χ2n) is 8.20. The zero-order valence-corrected chi connectivity index (χ0v) is 20.4. The molecule has 4 rings (SSSR count). The maximum absolute atomic E-state index is 12.6. The predicted octanol–water partition coefficient (Wildman–Crippen LogP) is 5.36. The Hall–Kier alpha value is -3.00. The van der Waals surface area contributed by atoms with Crippen molar-refractivity contribution in [2.24, 2.45) is 0 Å². The summed E-state index contributed by atoms with van der Waals surface area (Å²) in [5, 5.41) is 6.12. The summed E-state index contributed by atoms with van der Waals surface area (Å²) in [5.74, 6) is -0.321. The second-order valence-corrected chi connectivity index (χ2v) is 9.47. The van der Waals surface area contributed by atoms with Gasteiger partial charge in [0.2, 0.25) is 11.8 Å². The van der Waals surface area contributed by atoms with Gasteiger partial charge in [0.15, 0.2) is 5.13 Å². The molecule has 0 radical (unpaired) electrons. The molecule has 3 aromatic rings. The Balaban J connectivity index is 1.42. The predicted molar refractivity (Wildman–Crippen MR) is 137 cm³/mol. The Labute approximate surface area is 208 Å². The van der Waals surface area contributed by atoms with E-state index in [1.54, 1.807) is 11.0 Å². The summed E-state index contributed by atoms with van der Waals surface area (Å²) < 4.78 is 5.56. The fraction of sp³-hybridized carbons (Fsp3) is 0.269. The highest BCUT2D eigenvalue weighted by molar-refractivity contribution is 7.14. The van der Waals surface area contributed by atoms with E-state index in [9.17, 15) is 9.59 Å². The van der Waals surface area contributed by atoms with Gasteiger partial charge in [-0.1, -0.05) is 41.9 Å². The minimum atomic E-state index is -0.194. The van der Waals surface area contributed by atoms with E-state index < -0.39 is 0 Å². The quantitative estimate of drug-likeness (QED) is 0.448. The van der Waals surface area contributed by atoms with Crippen LogP contribution < -0.4 is 10.2 Å². The number of aromatic nitrogens is 1. The molecule has 1 saturated heterocycles. The van der Waals surface area contributed by atoms with Gasteiger partial charge in [-0.05, 0) is 48.7 Å². The topological polar surface area (TPSA) is 71.5 Å². The van der Waals surface area contributed by atoms with E-state index in [-0.39, 0.29) is 17.2 Å². The van der Waals surface area contributed by atoms with E-state index in [1.807, 2.05) is 60.0 Å². The van der Waals surface area contributed by atoms with E-state index in [4.69, 9.17) is 16.3 Å². The number of nitrogens with zero attached hydrogens (tertiary/aromatic N) is 2. The molecule has 0 saturated carbocycles. The third-order valence-electron chi connectivity index (χ3n) is 5.94. The molecule has 0 unspecified atom stereocenters. The van der Waals surface area contributed by atoms with Gasteiger partial charge in [0.1, 0.15) is 0 Å². The number of para-hydroxylation sites is 1. The van der Waals surface area contributed by atoms with Gasteiger partial charge in [0.25, 0.3) is 0 Å². The number of halogens is 1. The normalized spacial score (nSPS) is 15.2. The summed E-state index contributed by atoms with van der Waals surface area (Å²) in [4.78, 5) is 30.9. The lowest BCUT2D eigenvalue weighted by atomic mass is 9.74. The zero-order valence-electron chi connectivity index (χ0n) is 18.9. The van der Waals surface area contributed by atoms with Crippen LogP contribution >= 0.6 is 22.9 Å². The molecule has 1 aromatic heterocycles. The molecule has 0 spiro atoms. The third-order valence-corrected chi connectivity index (χ3v) is 7.04. The Morgan fingerprint density at radius 1 is 1.15 bits per heavy atom. The summed E-state index contributed by atoms with van der Waals surface area (Å²) in [7, 11) is 0. The summed E-state index contributed by atoms with van der Waals surface area (Å²) in [6, 6.07) is 17.2. The Bertz CT molecular complexity index is 1160. The summed E-state index contributed by atoms with van der Waals surface area (Å²) >= 11 is 7.42. The molecule has 6 nitrogen and oxygen atoms in total. The molecular formula is C26H26ClN3O3S. The van der Waals surface area contributed by atoms with Crippen LogP contribution in [0, 0.1) is 0 Å². The van der Waals surface area contributed by atoms with Gasteiger partial charge >= 0.3 is 0 Å². The van der Waals surface area contributed by atoms with Crippen LogP contribution in [0.5, 0.6) is 0 Å². The Kier molecular flexibility index (Phi) is 7.77. The molecule has 34 heavy (non-hydrogen) atoms. The van der Waals surface area contributed by atoms with Gasteiger partial charge in [-0.2, -0.15) is 0 Å². The average molecular weight is 496 g/mol. The van der Waals surface area contributed by atoms with E-state index in [1.165, 1.54) is 24.3 Å². The maximum atomic E-state index is 12.6. The van der Waals surface area contributed by atoms with E-state index >= 15 is 0 Å². The SMILES string of the molecule is CC(=O)N(c1ccccc1)c1nc(/C=C/C(=O)NCC2(c3ccc(Cl)cc3)CCOCC2)cs1. The van der Waals surface area contributed by atoms with Crippen LogP contribution in [0.4, 0.5) is 10.8 Å². The van der Waals surface area contributed by atoms with E-state index in [2.05, 4.69) is 10.3 Å². The highest BCUT2D eigenvalue weighted by atomic mass is 35.5. The van der Waals surface area contributed by atoms with Crippen molar-refractivity contribution in [3.8, 4) is 0 Å². The summed E-state index contributed by atoms with van der Waals surface area (Å²) in [6.07, 6.45) is 4.80. The first-order valence-corrected chi connectivity index (χ1v) is 12.3. The van der Waals surface area contributed by atoms with Crippen LogP contribution in [0.25, 0.3) is 6.08 Å². The van der Waals surface area contributed by atoms with Crippen LogP contribution in [0.15, 0.2) is 66.1 Å². The number of hydrogen-bond donors (Lipinski definition) is 1. The van der Waals surface area contributed by atoms with Gasteiger partial charge in [-0.15, -0.1) is 11.3 Å². The molecule has 1 N–H and O–H groups in total. The standard InChI is InChI=1S/C26H26ClN3O3S/c1-19(31)30(23-5-3-2-4-6-23)25-29-22(17-34-25)11-12-24(32)28-18-26(13-15-33-16-14-26)20-7-9-21(27)10-8-20/h2-12,17H,13-16,18H2,1H3,(H,28,32)/b12-11+. The number of carbonyl (C=O) groups excluding carboxylic acids is 2. The van der Waals surface area contributed by atoms with Crippen LogP contribution in [0.1, 0.15) is 31.0 Å². The van der Waals surface area contributed by atoms with E-state index in [0.29, 0.717) is 35.6 Å². The van der Waals surface area contributed by atoms with Crippen molar-refractivity contribution in [1.82, 2.24) is 10.3 Å². The largest absolute Gasteiger partial charge is 0.381 e. The van der Waals surface area contributed by atoms with Crippen LogP contribution in [-0.4, -0.2) is 36.6 Å². The van der Waals surface area contributed by atoms with Gasteiger partial charge in [0, 0.05) is 48.6 Å². The minimum Gasteiger partial charge on any atom is -0.381 e. The number of carbonyl (C=O) groups is 2. The average Bonchev–Trinajstić information content (AvgIpc) is 3.31. The third kappa shape index (κ3) is 5.73. The molecule has 0 atom stereocenters. The zero-order chi connectivity index (χ0) is 24.0. The number of amides is 2. The lowest BCUT2D eigenvalue weighted by Crippen LogP contribution is -2.44. The van der Waals surface area contributed by atoms with Gasteiger partial charge < -0.3 is 10.1 Å². The van der Waals surface area contributed by atoms with Crippen molar-refractivity contribution in [2.45, 2.75) is 25.2 Å². The fourth-order valence-corrected chi connectivity index (χ4v) is 5.05. The molecule has 1 fully saturated rings. The number of benzene rings is 2. The summed E-state index contributed by atoms with van der Waals surface area (Å²) in [5.41, 5.74) is 2.34. The van der Waals surface area contributed by atoms with Crippen LogP contribution in [-0.2, 0) is 19.7 Å². The molecule has 8 heteroatoms. The number of thiazole rings is 1. The smallest absolute Gasteiger partial charge is 0.244 e. The number of anilines is 2. The van der Waals surface area contributed by atoms with Crippen molar-refractivity contribution in [1.29, 1.82) is 0 Å². The molecule has 0 bridgehead atoms. The summed E-state index contributed by atoms with van der Waals surface area (Å²) in [6.45, 7) is 3.33. The number of rotatable bonds is 7. The first-order valence-electron chi connectivity index (χ1n) is 11.1. The second kappa shape index (κ2) is 11.0. The molecule has 2 heterocycles. The Morgan fingerprint density at radius 3 is 2.53 bits per heavy atom. The van der Waals surface area contributed by atoms with Crippen LogP contribution in [0.3, 0.4) is 0 Å². The number of ether oxygens (including phenoxy) is 1. The van der Waals surface area contributed by atoms with Gasteiger partial charge in [-0.3, -0.25) is 14.5 Å². The molecule has 1 aliphatic rings. The first kappa shape index (κ1) is 24.1. The minimum absolute atomic E-state index is 0.127. The number of nitrogens with one attached hydrogen (secondary N) is 1. The maximum Gasteiger partial charge on any atom is 0.244 e. The van der Waals surface area contributed by atoms with E-state index in [0.717, 1.165) is 24.1 Å². The first-order chi connectivity index (χ1) is 16.5. The van der Waals surface area contributed by atoms with Gasteiger partial charge in [0.05, 0.1) is 11.4 Å². The van der Waals surface area contributed by atoms with Crippen molar-refractivity contribution in [3.63, 3.8) is 0 Å². The lowest BCUT2D eigenvalue weighted by molar-refractivity contribution is -0.117.